The van der Waals surface area contributed by atoms with E-state index in [1.54, 1.807) is 18.2 Å². The molecule has 0 aromatic carbocycles. The van der Waals surface area contributed by atoms with Gasteiger partial charge < -0.3 is 4.74 Å². The van der Waals surface area contributed by atoms with Gasteiger partial charge in [0.25, 0.3) is 0 Å². The van der Waals surface area contributed by atoms with Crippen molar-refractivity contribution in [1.29, 1.82) is 5.26 Å². The normalized spacial score (nSPS) is 8.46. The van der Waals surface area contributed by atoms with Gasteiger partial charge in [-0.1, -0.05) is 6.07 Å². The van der Waals surface area contributed by atoms with E-state index in [4.69, 9.17) is 16.4 Å². The number of rotatable bonds is 3. The van der Waals surface area contributed by atoms with E-state index >= 15 is 0 Å². The topological polar surface area (TPSA) is 45.9 Å². The van der Waals surface area contributed by atoms with Crippen LogP contribution in [-0.2, 0) is 0 Å². The molecule has 1 rings (SSSR count). The molecule has 0 spiro atoms. The Kier molecular flexibility index (Phi) is 3.35. The summed E-state index contributed by atoms with van der Waals surface area (Å²) in [5, 5.41) is 8.53. The van der Waals surface area contributed by atoms with Gasteiger partial charge in [0.1, 0.15) is 18.4 Å². The van der Waals surface area contributed by atoms with Gasteiger partial charge in [0.2, 0.25) is 5.88 Å². The lowest BCUT2D eigenvalue weighted by atomic mass is 10.4. The fourth-order valence-corrected chi connectivity index (χ4v) is 0.772. The summed E-state index contributed by atoms with van der Waals surface area (Å²) in [6.07, 6.45) is 5.59. The van der Waals surface area contributed by atoms with Gasteiger partial charge >= 0.3 is 0 Å². The maximum atomic E-state index is 8.53. The first kappa shape index (κ1) is 9.09. The van der Waals surface area contributed by atoms with E-state index in [1.807, 2.05) is 6.07 Å². The molecule has 0 bridgehead atoms. The van der Waals surface area contributed by atoms with Gasteiger partial charge in [0, 0.05) is 12.5 Å². The number of terminal acetylenes is 1. The SMILES string of the molecule is C#CCCOc1cccc(C#N)n1. The Morgan fingerprint density at radius 1 is 1.54 bits per heavy atom. The molecule has 0 saturated heterocycles. The van der Waals surface area contributed by atoms with Gasteiger partial charge in [-0.05, 0) is 6.07 Å². The summed E-state index contributed by atoms with van der Waals surface area (Å²) >= 11 is 0. The number of aromatic nitrogens is 1. The van der Waals surface area contributed by atoms with Crippen molar-refractivity contribution in [2.45, 2.75) is 6.42 Å². The summed E-state index contributed by atoms with van der Waals surface area (Å²) in [7, 11) is 0. The number of nitriles is 1. The Bertz CT molecular complexity index is 360. The van der Waals surface area contributed by atoms with E-state index in [9.17, 15) is 0 Å². The summed E-state index contributed by atoms with van der Waals surface area (Å²) in [6, 6.07) is 6.96. The second kappa shape index (κ2) is 4.79. The minimum atomic E-state index is 0.346. The van der Waals surface area contributed by atoms with Crippen molar-refractivity contribution in [3.8, 4) is 24.3 Å². The van der Waals surface area contributed by atoms with E-state index in [-0.39, 0.29) is 0 Å². The van der Waals surface area contributed by atoms with Crippen LogP contribution < -0.4 is 4.74 Å². The first-order valence-corrected chi connectivity index (χ1v) is 3.80. The zero-order chi connectivity index (χ0) is 9.52. The molecule has 64 valence electrons. The standard InChI is InChI=1S/C10H8N2O/c1-2-3-7-13-10-6-4-5-9(8-11)12-10/h1,4-6H,3,7H2. The summed E-state index contributed by atoms with van der Waals surface area (Å²) < 4.78 is 5.18. The molecular weight excluding hydrogens is 164 g/mol. The van der Waals surface area contributed by atoms with Crippen LogP contribution in [0.1, 0.15) is 12.1 Å². The molecule has 0 saturated carbocycles. The Hall–Kier alpha value is -2.00. The maximum absolute atomic E-state index is 8.53. The molecule has 1 aromatic heterocycles. The molecule has 0 N–H and O–H groups in total. The van der Waals surface area contributed by atoms with Gasteiger partial charge in [-0.3, -0.25) is 0 Å². The Labute approximate surface area is 77.0 Å². The highest BCUT2D eigenvalue weighted by Gasteiger charge is 1.95. The van der Waals surface area contributed by atoms with Crippen molar-refractivity contribution < 1.29 is 4.74 Å². The van der Waals surface area contributed by atoms with Gasteiger partial charge in [-0.15, -0.1) is 12.3 Å². The Morgan fingerprint density at radius 3 is 3.08 bits per heavy atom. The van der Waals surface area contributed by atoms with Crippen molar-refractivity contribution in [3.63, 3.8) is 0 Å². The van der Waals surface area contributed by atoms with Crippen molar-refractivity contribution in [3.05, 3.63) is 23.9 Å². The monoisotopic (exact) mass is 172 g/mol. The molecule has 0 unspecified atom stereocenters. The van der Waals surface area contributed by atoms with Gasteiger partial charge in [-0.25, -0.2) is 4.98 Å². The third-order valence-electron chi connectivity index (χ3n) is 1.33. The third-order valence-corrected chi connectivity index (χ3v) is 1.33. The number of nitrogens with zero attached hydrogens (tertiary/aromatic N) is 2. The van der Waals surface area contributed by atoms with E-state index < -0.39 is 0 Å². The van der Waals surface area contributed by atoms with Crippen LogP contribution in [0.15, 0.2) is 18.2 Å². The van der Waals surface area contributed by atoms with E-state index in [2.05, 4.69) is 10.9 Å². The summed E-state index contributed by atoms with van der Waals surface area (Å²) in [6.45, 7) is 0.429. The zero-order valence-electron chi connectivity index (χ0n) is 7.03. The summed E-state index contributed by atoms with van der Waals surface area (Å²) in [5.41, 5.74) is 0.346. The van der Waals surface area contributed by atoms with Crippen molar-refractivity contribution in [2.75, 3.05) is 6.61 Å². The predicted octanol–water partition coefficient (Wildman–Crippen LogP) is 1.36. The van der Waals surface area contributed by atoms with Crippen LogP contribution >= 0.6 is 0 Å². The lowest BCUT2D eigenvalue weighted by Crippen LogP contribution is -1.98. The van der Waals surface area contributed by atoms with E-state index in [0.29, 0.717) is 24.6 Å². The number of ether oxygens (including phenoxy) is 1. The zero-order valence-corrected chi connectivity index (χ0v) is 7.03. The summed E-state index contributed by atoms with van der Waals surface area (Å²) in [4.78, 5) is 3.91. The van der Waals surface area contributed by atoms with Crippen LogP contribution in [0, 0.1) is 23.7 Å². The molecule has 3 heteroatoms. The fraction of sp³-hybridized carbons (Fsp3) is 0.200. The quantitative estimate of drug-likeness (QED) is 0.510. The predicted molar refractivity (Wildman–Crippen MR) is 47.9 cm³/mol. The molecule has 0 aliphatic rings. The van der Waals surface area contributed by atoms with Gasteiger partial charge in [0.05, 0.1) is 0 Å². The largest absolute Gasteiger partial charge is 0.477 e. The first-order chi connectivity index (χ1) is 6.36. The molecule has 3 nitrogen and oxygen atoms in total. The Balaban J connectivity index is 2.59. The highest BCUT2D eigenvalue weighted by Crippen LogP contribution is 2.06. The van der Waals surface area contributed by atoms with Gasteiger partial charge in [0.15, 0.2) is 0 Å². The lowest BCUT2D eigenvalue weighted by molar-refractivity contribution is 0.314. The molecule has 0 aliphatic carbocycles. The van der Waals surface area contributed by atoms with Crippen LogP contribution in [0.4, 0.5) is 0 Å². The molecule has 0 atom stereocenters. The highest BCUT2D eigenvalue weighted by molar-refractivity contribution is 5.24. The third kappa shape index (κ3) is 2.84. The van der Waals surface area contributed by atoms with Crippen molar-refractivity contribution in [2.24, 2.45) is 0 Å². The smallest absolute Gasteiger partial charge is 0.214 e. The van der Waals surface area contributed by atoms with E-state index in [0.717, 1.165) is 0 Å². The fourth-order valence-electron chi connectivity index (χ4n) is 0.772. The molecule has 1 heterocycles. The van der Waals surface area contributed by atoms with Crippen molar-refractivity contribution in [1.82, 2.24) is 4.98 Å². The lowest BCUT2D eigenvalue weighted by Gasteiger charge is -2.01. The Morgan fingerprint density at radius 2 is 2.38 bits per heavy atom. The molecule has 0 aliphatic heterocycles. The summed E-state index contributed by atoms with van der Waals surface area (Å²) in [5.74, 6) is 2.89. The van der Waals surface area contributed by atoms with Crippen LogP contribution in [0.5, 0.6) is 5.88 Å². The molecule has 0 fully saturated rings. The van der Waals surface area contributed by atoms with Crippen LogP contribution in [0.2, 0.25) is 0 Å². The second-order valence-corrected chi connectivity index (χ2v) is 2.28. The van der Waals surface area contributed by atoms with E-state index in [1.165, 1.54) is 0 Å². The minimum absolute atomic E-state index is 0.346. The number of hydrogen-bond donors (Lipinski definition) is 0. The van der Waals surface area contributed by atoms with Crippen molar-refractivity contribution >= 4 is 0 Å². The molecular formula is C10H8N2O. The second-order valence-electron chi connectivity index (χ2n) is 2.28. The average molecular weight is 172 g/mol. The molecule has 13 heavy (non-hydrogen) atoms. The number of pyridine rings is 1. The molecule has 0 amide bonds. The number of hydrogen-bond acceptors (Lipinski definition) is 3. The van der Waals surface area contributed by atoms with Crippen LogP contribution in [0.25, 0.3) is 0 Å². The highest BCUT2D eigenvalue weighted by atomic mass is 16.5. The minimum Gasteiger partial charge on any atom is -0.477 e. The average Bonchev–Trinajstić information content (AvgIpc) is 2.19. The molecule has 1 aromatic rings. The van der Waals surface area contributed by atoms with Crippen LogP contribution in [0.3, 0.4) is 0 Å². The maximum Gasteiger partial charge on any atom is 0.214 e. The first-order valence-electron chi connectivity index (χ1n) is 3.80. The van der Waals surface area contributed by atoms with Crippen LogP contribution in [-0.4, -0.2) is 11.6 Å². The molecule has 0 radical (unpaired) electrons. The van der Waals surface area contributed by atoms with Gasteiger partial charge in [-0.2, -0.15) is 5.26 Å².